The first-order valence-electron chi connectivity index (χ1n) is 4.27. The summed E-state index contributed by atoms with van der Waals surface area (Å²) in [6.45, 7) is 2.14. The summed E-state index contributed by atoms with van der Waals surface area (Å²) in [7, 11) is 4.85. The molecule has 0 spiro atoms. The van der Waals surface area contributed by atoms with Crippen molar-refractivity contribution in [3.63, 3.8) is 0 Å². The zero-order valence-electron chi connectivity index (χ0n) is 8.42. The molecule has 0 fully saturated rings. The second-order valence-corrected chi connectivity index (χ2v) is 2.59. The van der Waals surface area contributed by atoms with Crippen molar-refractivity contribution in [2.45, 2.75) is 32.3 Å². The molecule has 12 heavy (non-hydrogen) atoms. The molecular weight excluding hydrogens is 156 g/mol. The number of ether oxygens (including phenoxy) is 3. The molecule has 0 aromatic heterocycles. The molecule has 0 saturated carbocycles. The van der Waals surface area contributed by atoms with Gasteiger partial charge in [-0.25, -0.2) is 0 Å². The van der Waals surface area contributed by atoms with Gasteiger partial charge in [0.25, 0.3) is 6.29 Å². The van der Waals surface area contributed by atoms with E-state index in [4.69, 9.17) is 14.2 Å². The molecule has 0 aromatic carbocycles. The number of hydrogen-bond donors (Lipinski definition) is 0. The van der Waals surface area contributed by atoms with Crippen molar-refractivity contribution in [1.82, 2.24) is 0 Å². The van der Waals surface area contributed by atoms with E-state index in [2.05, 4.69) is 6.92 Å². The predicted molar refractivity (Wildman–Crippen MR) is 47.6 cm³/mol. The molecule has 3 nitrogen and oxygen atoms in total. The fourth-order valence-electron chi connectivity index (χ4n) is 1.07. The van der Waals surface area contributed by atoms with E-state index in [9.17, 15) is 0 Å². The summed E-state index contributed by atoms with van der Waals surface area (Å²) in [6, 6.07) is 0. The molecule has 0 saturated heterocycles. The molecule has 0 bridgehead atoms. The van der Waals surface area contributed by atoms with E-state index in [1.165, 1.54) is 0 Å². The van der Waals surface area contributed by atoms with E-state index in [1.54, 1.807) is 21.3 Å². The third-order valence-corrected chi connectivity index (χ3v) is 1.77. The van der Waals surface area contributed by atoms with Gasteiger partial charge in [-0.05, 0) is 6.42 Å². The summed E-state index contributed by atoms with van der Waals surface area (Å²) in [4.78, 5) is 0. The van der Waals surface area contributed by atoms with Crippen molar-refractivity contribution in [3.8, 4) is 0 Å². The first-order valence-corrected chi connectivity index (χ1v) is 4.27. The lowest BCUT2D eigenvalue weighted by molar-refractivity contribution is -0.0856. The van der Waals surface area contributed by atoms with Gasteiger partial charge < -0.3 is 14.2 Å². The molecule has 0 N–H and O–H groups in total. The third kappa shape index (κ3) is 4.04. The maximum Gasteiger partial charge on any atom is 0.253 e. The SMILES string of the molecule is CCCCC(OC)[C](OC)OC. The minimum absolute atomic E-state index is 0.0278. The van der Waals surface area contributed by atoms with Gasteiger partial charge in [0, 0.05) is 21.3 Å². The standard InChI is InChI=1S/C9H19O3/c1-5-6-7-8(10-2)9(11-3)12-4/h8H,5-7H2,1-4H3. The zero-order chi connectivity index (χ0) is 9.40. The van der Waals surface area contributed by atoms with Gasteiger partial charge in [0.15, 0.2) is 0 Å². The summed E-state index contributed by atoms with van der Waals surface area (Å²) in [6.07, 6.45) is 3.75. The van der Waals surface area contributed by atoms with Crippen LogP contribution in [0.2, 0.25) is 0 Å². The van der Waals surface area contributed by atoms with Crippen LogP contribution in [0.1, 0.15) is 26.2 Å². The van der Waals surface area contributed by atoms with E-state index in [-0.39, 0.29) is 6.10 Å². The van der Waals surface area contributed by atoms with E-state index >= 15 is 0 Å². The smallest absolute Gasteiger partial charge is 0.253 e. The lowest BCUT2D eigenvalue weighted by Crippen LogP contribution is -2.23. The molecule has 0 aliphatic carbocycles. The van der Waals surface area contributed by atoms with Gasteiger partial charge in [-0.2, -0.15) is 0 Å². The topological polar surface area (TPSA) is 27.7 Å². The Morgan fingerprint density at radius 3 is 2.08 bits per heavy atom. The Balaban J connectivity index is 3.75. The number of hydrogen-bond acceptors (Lipinski definition) is 3. The zero-order valence-corrected chi connectivity index (χ0v) is 8.42. The van der Waals surface area contributed by atoms with Crippen LogP contribution in [0.25, 0.3) is 0 Å². The largest absolute Gasteiger partial charge is 0.376 e. The third-order valence-electron chi connectivity index (χ3n) is 1.77. The molecule has 0 heterocycles. The van der Waals surface area contributed by atoms with Gasteiger partial charge in [0.1, 0.15) is 6.10 Å². The molecular formula is C9H19O3. The van der Waals surface area contributed by atoms with Gasteiger partial charge in [0.05, 0.1) is 0 Å². The molecule has 0 amide bonds. The normalized spacial score (nSPS) is 13.8. The van der Waals surface area contributed by atoms with Gasteiger partial charge in [-0.3, -0.25) is 0 Å². The Morgan fingerprint density at radius 1 is 1.17 bits per heavy atom. The monoisotopic (exact) mass is 175 g/mol. The fraction of sp³-hybridized carbons (Fsp3) is 0.889. The molecule has 0 aliphatic rings. The number of rotatable bonds is 7. The lowest BCUT2D eigenvalue weighted by Gasteiger charge is -2.21. The van der Waals surface area contributed by atoms with Gasteiger partial charge in [0.2, 0.25) is 0 Å². The van der Waals surface area contributed by atoms with E-state index in [0.29, 0.717) is 6.29 Å². The second-order valence-electron chi connectivity index (χ2n) is 2.59. The molecule has 73 valence electrons. The summed E-state index contributed by atoms with van der Waals surface area (Å²) in [5.74, 6) is 0. The summed E-state index contributed by atoms with van der Waals surface area (Å²) in [5.41, 5.74) is 0. The van der Waals surface area contributed by atoms with Crippen LogP contribution in [-0.4, -0.2) is 27.4 Å². The van der Waals surface area contributed by atoms with Crippen LogP contribution in [-0.2, 0) is 14.2 Å². The molecule has 0 aliphatic heterocycles. The minimum Gasteiger partial charge on any atom is -0.376 e. The van der Waals surface area contributed by atoms with Crippen LogP contribution in [0.5, 0.6) is 0 Å². The molecule has 1 atom stereocenters. The second kappa shape index (κ2) is 7.53. The van der Waals surface area contributed by atoms with Crippen molar-refractivity contribution in [2.24, 2.45) is 0 Å². The number of unbranched alkanes of at least 4 members (excludes halogenated alkanes) is 1. The van der Waals surface area contributed by atoms with Crippen LogP contribution in [0.15, 0.2) is 0 Å². The van der Waals surface area contributed by atoms with Crippen LogP contribution < -0.4 is 0 Å². The van der Waals surface area contributed by atoms with E-state index in [0.717, 1.165) is 19.3 Å². The van der Waals surface area contributed by atoms with Gasteiger partial charge >= 0.3 is 0 Å². The highest BCUT2D eigenvalue weighted by Crippen LogP contribution is 2.17. The summed E-state index contributed by atoms with van der Waals surface area (Å²) in [5, 5.41) is 0. The molecule has 0 aromatic rings. The Bertz CT molecular complexity index is 91.8. The molecule has 3 heteroatoms. The Labute approximate surface area is 75.0 Å². The van der Waals surface area contributed by atoms with Crippen molar-refractivity contribution in [3.05, 3.63) is 6.29 Å². The summed E-state index contributed by atoms with van der Waals surface area (Å²) >= 11 is 0. The predicted octanol–water partition coefficient (Wildman–Crippen LogP) is 1.97. The van der Waals surface area contributed by atoms with Crippen LogP contribution in [0, 0.1) is 6.29 Å². The van der Waals surface area contributed by atoms with Crippen molar-refractivity contribution < 1.29 is 14.2 Å². The van der Waals surface area contributed by atoms with Crippen molar-refractivity contribution in [2.75, 3.05) is 21.3 Å². The Hall–Kier alpha value is -0.120. The Kier molecular flexibility index (Phi) is 7.45. The van der Waals surface area contributed by atoms with Crippen LogP contribution in [0.3, 0.4) is 0 Å². The first-order chi connectivity index (χ1) is 5.79. The molecule has 1 radical (unpaired) electrons. The first kappa shape index (κ1) is 11.9. The van der Waals surface area contributed by atoms with E-state index in [1.807, 2.05) is 0 Å². The molecule has 1 unspecified atom stereocenters. The highest BCUT2D eigenvalue weighted by Gasteiger charge is 2.21. The number of methoxy groups -OCH3 is 3. The van der Waals surface area contributed by atoms with Gasteiger partial charge in [-0.15, -0.1) is 0 Å². The van der Waals surface area contributed by atoms with Crippen molar-refractivity contribution >= 4 is 0 Å². The molecule has 0 rings (SSSR count). The lowest BCUT2D eigenvalue weighted by atomic mass is 10.1. The average molecular weight is 175 g/mol. The van der Waals surface area contributed by atoms with Crippen LogP contribution >= 0.6 is 0 Å². The maximum absolute atomic E-state index is 5.21. The fourth-order valence-corrected chi connectivity index (χ4v) is 1.07. The minimum atomic E-state index is -0.0278. The average Bonchev–Trinajstić information content (AvgIpc) is 2.12. The quantitative estimate of drug-likeness (QED) is 0.592. The van der Waals surface area contributed by atoms with E-state index < -0.39 is 0 Å². The van der Waals surface area contributed by atoms with Gasteiger partial charge in [-0.1, -0.05) is 19.8 Å². The maximum atomic E-state index is 5.21. The van der Waals surface area contributed by atoms with Crippen LogP contribution in [0.4, 0.5) is 0 Å². The summed E-state index contributed by atoms with van der Waals surface area (Å²) < 4.78 is 15.2. The highest BCUT2D eigenvalue weighted by atomic mass is 16.7. The highest BCUT2D eigenvalue weighted by molar-refractivity contribution is 4.77. The Morgan fingerprint density at radius 2 is 1.75 bits per heavy atom. The van der Waals surface area contributed by atoms with Crippen molar-refractivity contribution in [1.29, 1.82) is 0 Å².